The van der Waals surface area contributed by atoms with Crippen molar-refractivity contribution in [2.45, 2.75) is 32.7 Å². The zero-order chi connectivity index (χ0) is 31.4. The molecule has 12 heteroatoms. The lowest BCUT2D eigenvalue weighted by Crippen LogP contribution is -2.24. The molecule has 0 atom stereocenters. The zero-order valence-electron chi connectivity index (χ0n) is 25.1. The van der Waals surface area contributed by atoms with Crippen molar-refractivity contribution < 1.29 is 18.5 Å². The number of aromatic nitrogens is 5. The van der Waals surface area contributed by atoms with E-state index in [-0.39, 0.29) is 29.3 Å². The molecule has 3 aromatic heterocycles. The highest BCUT2D eigenvalue weighted by Gasteiger charge is 2.24. The van der Waals surface area contributed by atoms with Gasteiger partial charge in [-0.2, -0.15) is 4.98 Å². The first-order valence-corrected chi connectivity index (χ1v) is 14.0. The minimum absolute atomic E-state index is 0.0661. The number of nitrogens with zero attached hydrogens (tertiary/aromatic N) is 5. The number of carbonyl (C=O) groups excluding carboxylic acids is 2. The van der Waals surface area contributed by atoms with E-state index in [1.54, 1.807) is 36.5 Å². The van der Waals surface area contributed by atoms with Crippen LogP contribution in [0.25, 0.3) is 33.7 Å². The lowest BCUT2D eigenvalue weighted by molar-refractivity contribution is -0.111. The monoisotopic (exact) mass is 596 g/mol. The Labute approximate surface area is 253 Å². The van der Waals surface area contributed by atoms with Crippen LogP contribution < -0.4 is 10.6 Å². The van der Waals surface area contributed by atoms with E-state index >= 15 is 4.39 Å². The average Bonchev–Trinajstić information content (AvgIpc) is 3.65. The first-order chi connectivity index (χ1) is 21.0. The van der Waals surface area contributed by atoms with E-state index in [2.05, 4.69) is 30.7 Å². The molecule has 5 rings (SSSR count). The molecule has 3 heterocycles. The Morgan fingerprint density at radius 2 is 1.86 bits per heavy atom. The minimum Gasteiger partial charge on any atom is -0.344 e. The van der Waals surface area contributed by atoms with Crippen LogP contribution in [0.5, 0.6) is 0 Å². The van der Waals surface area contributed by atoms with Gasteiger partial charge in [-0.3, -0.25) is 9.59 Å². The number of rotatable bonds is 9. The Morgan fingerprint density at radius 1 is 1.07 bits per heavy atom. The Kier molecular flexibility index (Phi) is 8.63. The topological polar surface area (TPSA) is 142 Å². The van der Waals surface area contributed by atoms with E-state index in [0.29, 0.717) is 51.7 Å². The Hall–Kier alpha value is -5.23. The van der Waals surface area contributed by atoms with E-state index < -0.39 is 11.7 Å². The summed E-state index contributed by atoms with van der Waals surface area (Å²) in [7, 11) is 3.84. The van der Waals surface area contributed by atoms with Crippen LogP contribution >= 0.6 is 0 Å². The number of pyridine rings is 1. The smallest absolute Gasteiger partial charge is 0.315 e. The highest BCUT2D eigenvalue weighted by Crippen LogP contribution is 2.32. The lowest BCUT2D eigenvalue weighted by atomic mass is 9.96. The van der Waals surface area contributed by atoms with Gasteiger partial charge in [-0.1, -0.05) is 56.3 Å². The summed E-state index contributed by atoms with van der Waals surface area (Å²) in [5.41, 5.74) is 3.48. The molecule has 0 fully saturated rings. The number of likely N-dealkylation sites (N-methyl/N-ethyl adjacent to an activating group) is 1. The van der Waals surface area contributed by atoms with Crippen molar-refractivity contribution in [2.24, 2.45) is 0 Å². The number of carbonyl (C=O) groups is 2. The number of para-hydroxylation sites is 1. The summed E-state index contributed by atoms with van der Waals surface area (Å²) in [6, 6.07) is 13.8. The van der Waals surface area contributed by atoms with Crippen molar-refractivity contribution in [1.82, 2.24) is 35.3 Å². The molecule has 44 heavy (non-hydrogen) atoms. The predicted octanol–water partition coefficient (Wildman–Crippen LogP) is 5.10. The summed E-state index contributed by atoms with van der Waals surface area (Å²) >= 11 is 0. The Bertz CT molecular complexity index is 1850. The van der Waals surface area contributed by atoms with Gasteiger partial charge in [-0.05, 0) is 43.9 Å². The molecule has 0 aliphatic heterocycles. The summed E-state index contributed by atoms with van der Waals surface area (Å²) in [5, 5.41) is 9.38. The zero-order valence-corrected chi connectivity index (χ0v) is 25.1. The van der Waals surface area contributed by atoms with Crippen LogP contribution in [-0.2, 0) is 16.8 Å². The minimum atomic E-state index is -0.586. The van der Waals surface area contributed by atoms with Crippen molar-refractivity contribution >= 4 is 28.7 Å². The van der Waals surface area contributed by atoms with Gasteiger partial charge in [0.05, 0.1) is 5.69 Å². The first-order valence-electron chi connectivity index (χ1n) is 14.0. The molecular weight excluding hydrogens is 563 g/mol. The van der Waals surface area contributed by atoms with E-state index in [0.717, 1.165) is 0 Å². The first kappa shape index (κ1) is 30.2. The van der Waals surface area contributed by atoms with Gasteiger partial charge in [0, 0.05) is 47.5 Å². The van der Waals surface area contributed by atoms with Crippen molar-refractivity contribution in [1.29, 1.82) is 0 Å². The number of nitrogens with one attached hydrogen (secondary N) is 3. The van der Waals surface area contributed by atoms with Gasteiger partial charge in [0.2, 0.25) is 5.91 Å². The van der Waals surface area contributed by atoms with Gasteiger partial charge in [-0.25, -0.2) is 14.4 Å². The maximum absolute atomic E-state index is 15.2. The molecule has 2 aromatic carbocycles. The lowest BCUT2D eigenvalue weighted by Gasteiger charge is -2.10. The maximum atomic E-state index is 15.2. The van der Waals surface area contributed by atoms with Gasteiger partial charge in [-0.15, -0.1) is 0 Å². The molecule has 0 saturated carbocycles. The third-order valence-electron chi connectivity index (χ3n) is 6.66. The second-order valence-corrected chi connectivity index (χ2v) is 11.5. The number of anilines is 1. The number of imidazole rings is 1. The number of aromatic amines is 1. The molecule has 3 N–H and O–H groups in total. The predicted molar refractivity (Wildman–Crippen MR) is 165 cm³/mol. The number of hydrogen-bond donors (Lipinski definition) is 3. The molecule has 0 bridgehead atoms. The third-order valence-corrected chi connectivity index (χ3v) is 6.66. The molecule has 5 aromatic rings. The second kappa shape index (κ2) is 12.6. The summed E-state index contributed by atoms with van der Waals surface area (Å²) in [5.74, 6) is -0.611. The van der Waals surface area contributed by atoms with Gasteiger partial charge >= 0.3 is 11.8 Å². The second-order valence-electron chi connectivity index (χ2n) is 11.5. The van der Waals surface area contributed by atoms with E-state index in [1.165, 1.54) is 12.1 Å². The van der Waals surface area contributed by atoms with E-state index in [4.69, 9.17) is 9.51 Å². The van der Waals surface area contributed by atoms with Crippen LogP contribution in [0.4, 0.5) is 10.1 Å². The molecule has 2 amide bonds. The van der Waals surface area contributed by atoms with E-state index in [1.807, 2.05) is 58.0 Å². The summed E-state index contributed by atoms with van der Waals surface area (Å²) in [6.45, 7) is 6.29. The Morgan fingerprint density at radius 3 is 2.59 bits per heavy atom. The summed E-state index contributed by atoms with van der Waals surface area (Å²) < 4.78 is 20.3. The molecule has 11 nitrogen and oxygen atoms in total. The quantitative estimate of drug-likeness (QED) is 0.200. The average molecular weight is 597 g/mol. The fourth-order valence-electron chi connectivity index (χ4n) is 4.34. The molecular formula is C32H33FN8O3. The number of amides is 2. The van der Waals surface area contributed by atoms with Crippen LogP contribution in [0.15, 0.2) is 71.4 Å². The third kappa shape index (κ3) is 6.87. The van der Waals surface area contributed by atoms with Crippen LogP contribution in [0.2, 0.25) is 0 Å². The number of benzene rings is 2. The van der Waals surface area contributed by atoms with Crippen LogP contribution in [0.1, 0.15) is 42.8 Å². The molecule has 226 valence electrons. The fourth-order valence-corrected chi connectivity index (χ4v) is 4.34. The number of H-pyrrole nitrogens is 1. The maximum Gasteiger partial charge on any atom is 0.315 e. The molecule has 0 radical (unpaired) electrons. The summed E-state index contributed by atoms with van der Waals surface area (Å²) in [6.07, 6.45) is 4.89. The largest absolute Gasteiger partial charge is 0.344 e. The van der Waals surface area contributed by atoms with Gasteiger partial charge < -0.3 is 25.0 Å². The standard InChI is InChI=1S/C32H33FN8O3/c1-32(2,3)31-39-30(44-40-31)29(43)35-18-20-13-12-19(17-23(20)33)21-14-15-34-28-26(21)37-27(38-28)22-9-6-7-10-24(22)36-25(42)11-8-16-41(4)5/h6-15,17H,16,18H2,1-5H3,(H,35,43)(H,36,42)(H,34,37,38)/b11-8+. The number of hydrogen-bond acceptors (Lipinski definition) is 8. The van der Waals surface area contributed by atoms with Crippen LogP contribution in [0.3, 0.4) is 0 Å². The molecule has 0 aliphatic carbocycles. The van der Waals surface area contributed by atoms with Crippen molar-refractivity contribution in [2.75, 3.05) is 26.0 Å². The van der Waals surface area contributed by atoms with Crippen LogP contribution in [0, 0.1) is 5.82 Å². The highest BCUT2D eigenvalue weighted by atomic mass is 19.1. The fraction of sp³-hybridized carbons (Fsp3) is 0.250. The highest BCUT2D eigenvalue weighted by molar-refractivity contribution is 6.02. The van der Waals surface area contributed by atoms with Crippen molar-refractivity contribution in [3.63, 3.8) is 0 Å². The van der Waals surface area contributed by atoms with Gasteiger partial charge in [0.25, 0.3) is 0 Å². The van der Waals surface area contributed by atoms with Crippen molar-refractivity contribution in [3.8, 4) is 22.5 Å². The molecule has 0 saturated heterocycles. The SMILES string of the molecule is CN(C)C/C=C/C(=O)Nc1ccccc1-c1nc2c(-c3ccc(CNC(=O)c4nc(C(C)(C)C)no4)c(F)c3)ccnc2[nH]1. The molecule has 0 spiro atoms. The summed E-state index contributed by atoms with van der Waals surface area (Å²) in [4.78, 5) is 43.5. The van der Waals surface area contributed by atoms with Gasteiger partial charge in [0.15, 0.2) is 11.5 Å². The van der Waals surface area contributed by atoms with Crippen molar-refractivity contribution in [3.05, 3.63) is 90.0 Å². The number of fused-ring (bicyclic) bond motifs is 1. The molecule has 0 unspecified atom stereocenters. The molecule has 0 aliphatic rings. The van der Waals surface area contributed by atoms with Crippen LogP contribution in [-0.4, -0.2) is 62.4 Å². The van der Waals surface area contributed by atoms with E-state index in [9.17, 15) is 9.59 Å². The Balaban J connectivity index is 1.35. The van der Waals surface area contributed by atoms with Gasteiger partial charge in [0.1, 0.15) is 17.2 Å². The number of halogens is 1. The normalized spacial score (nSPS) is 11.9.